The molecule has 0 aliphatic carbocycles. The molecule has 2 aliphatic heterocycles. The summed E-state index contributed by atoms with van der Waals surface area (Å²) in [5, 5.41) is 7.39. The van der Waals surface area contributed by atoms with E-state index >= 15 is 0 Å². The number of halogens is 1. The number of amides is 1. The fraction of sp³-hybridized carbons (Fsp3) is 0.800. The monoisotopic (exact) mass is 533 g/mol. The van der Waals surface area contributed by atoms with Gasteiger partial charge in [-0.05, 0) is 19.3 Å². The fourth-order valence-corrected chi connectivity index (χ4v) is 3.77. The SMILES string of the molecule is CN=C(NCCc1nc(C(C)C)no1)N1CCN(CC(=O)N2CCCCC2)CC1.I. The van der Waals surface area contributed by atoms with Crippen molar-refractivity contribution in [1.29, 1.82) is 0 Å². The predicted molar refractivity (Wildman–Crippen MR) is 127 cm³/mol. The highest BCUT2D eigenvalue weighted by Crippen LogP contribution is 2.11. The average Bonchev–Trinajstić information content (AvgIpc) is 3.22. The minimum Gasteiger partial charge on any atom is -0.356 e. The number of hydrogen-bond donors (Lipinski definition) is 1. The molecule has 1 aromatic rings. The summed E-state index contributed by atoms with van der Waals surface area (Å²) < 4.78 is 5.29. The van der Waals surface area contributed by atoms with E-state index in [1.165, 1.54) is 6.42 Å². The minimum atomic E-state index is 0. The Morgan fingerprint density at radius 2 is 1.80 bits per heavy atom. The lowest BCUT2D eigenvalue weighted by molar-refractivity contribution is -0.133. The summed E-state index contributed by atoms with van der Waals surface area (Å²) in [5.41, 5.74) is 0. The van der Waals surface area contributed by atoms with E-state index in [9.17, 15) is 4.79 Å². The van der Waals surface area contributed by atoms with Crippen LogP contribution in [0.4, 0.5) is 0 Å². The number of likely N-dealkylation sites (tertiary alicyclic amines) is 1. The Morgan fingerprint density at radius 1 is 1.10 bits per heavy atom. The molecule has 2 aliphatic rings. The lowest BCUT2D eigenvalue weighted by Gasteiger charge is -2.37. The Bertz CT molecular complexity index is 680. The number of aliphatic imine (C=N–C) groups is 1. The van der Waals surface area contributed by atoms with E-state index in [2.05, 4.69) is 44.1 Å². The first kappa shape index (κ1) is 24.8. The van der Waals surface area contributed by atoms with E-state index in [-0.39, 0.29) is 35.8 Å². The largest absolute Gasteiger partial charge is 0.356 e. The Kier molecular flexibility index (Phi) is 10.3. The van der Waals surface area contributed by atoms with Crippen molar-refractivity contribution in [3.8, 4) is 0 Å². The van der Waals surface area contributed by atoms with Crippen LogP contribution in [0.3, 0.4) is 0 Å². The van der Waals surface area contributed by atoms with Crippen LogP contribution in [0, 0.1) is 0 Å². The van der Waals surface area contributed by atoms with Gasteiger partial charge >= 0.3 is 0 Å². The van der Waals surface area contributed by atoms with Gasteiger partial charge in [0.2, 0.25) is 11.8 Å². The second-order valence-electron chi connectivity index (χ2n) is 8.13. The molecule has 0 aromatic carbocycles. The first-order chi connectivity index (χ1) is 14.1. The van der Waals surface area contributed by atoms with Gasteiger partial charge in [0.15, 0.2) is 11.8 Å². The molecule has 3 rings (SSSR count). The molecule has 2 fully saturated rings. The Hall–Kier alpha value is -1.43. The normalized spacial score (nSPS) is 18.5. The highest BCUT2D eigenvalue weighted by Gasteiger charge is 2.24. The van der Waals surface area contributed by atoms with Crippen LogP contribution in [0.2, 0.25) is 0 Å². The fourth-order valence-electron chi connectivity index (χ4n) is 3.77. The molecule has 2 saturated heterocycles. The summed E-state index contributed by atoms with van der Waals surface area (Å²) in [4.78, 5) is 27.8. The van der Waals surface area contributed by atoms with Gasteiger partial charge in [0, 0.05) is 65.2 Å². The van der Waals surface area contributed by atoms with Crippen LogP contribution in [0.25, 0.3) is 0 Å². The van der Waals surface area contributed by atoms with Crippen LogP contribution >= 0.6 is 24.0 Å². The maximum atomic E-state index is 12.5. The molecule has 0 radical (unpaired) electrons. The number of nitrogens with zero attached hydrogens (tertiary/aromatic N) is 6. The maximum Gasteiger partial charge on any atom is 0.236 e. The van der Waals surface area contributed by atoms with Crippen molar-refractivity contribution in [2.24, 2.45) is 4.99 Å². The van der Waals surface area contributed by atoms with E-state index < -0.39 is 0 Å². The average molecular weight is 533 g/mol. The van der Waals surface area contributed by atoms with Gasteiger partial charge < -0.3 is 19.6 Å². The van der Waals surface area contributed by atoms with Gasteiger partial charge in [0.05, 0.1) is 6.54 Å². The summed E-state index contributed by atoms with van der Waals surface area (Å²) in [6.07, 6.45) is 4.21. The third-order valence-corrected chi connectivity index (χ3v) is 5.57. The molecule has 0 unspecified atom stereocenters. The zero-order valence-corrected chi connectivity index (χ0v) is 20.8. The highest BCUT2D eigenvalue weighted by atomic mass is 127. The number of rotatable bonds is 6. The Morgan fingerprint density at radius 3 is 2.40 bits per heavy atom. The standard InChI is InChI=1S/C20H35N7O2.HI/c1-16(2)19-23-17(29-24-19)7-8-22-20(21-3)27-13-11-25(12-14-27)15-18(28)26-9-5-4-6-10-26;/h16H,4-15H2,1-3H3,(H,21,22);1H. The molecule has 3 heterocycles. The molecule has 170 valence electrons. The summed E-state index contributed by atoms with van der Waals surface area (Å²) in [5.74, 6) is 2.83. The highest BCUT2D eigenvalue weighted by molar-refractivity contribution is 14.0. The second kappa shape index (κ2) is 12.4. The number of carbonyl (C=O) groups is 1. The van der Waals surface area contributed by atoms with Crippen LogP contribution in [0.15, 0.2) is 9.52 Å². The number of guanidine groups is 1. The number of carbonyl (C=O) groups excluding carboxylic acids is 1. The zero-order valence-electron chi connectivity index (χ0n) is 18.5. The van der Waals surface area contributed by atoms with Crippen molar-refractivity contribution >= 4 is 35.8 Å². The number of piperidine rings is 1. The quantitative estimate of drug-likeness (QED) is 0.337. The van der Waals surface area contributed by atoms with Gasteiger partial charge in [-0.3, -0.25) is 14.7 Å². The van der Waals surface area contributed by atoms with Crippen LogP contribution in [0.5, 0.6) is 0 Å². The molecule has 0 saturated carbocycles. The second-order valence-corrected chi connectivity index (χ2v) is 8.13. The molecular weight excluding hydrogens is 497 g/mol. The smallest absolute Gasteiger partial charge is 0.236 e. The van der Waals surface area contributed by atoms with Crippen molar-refractivity contribution in [1.82, 2.24) is 30.2 Å². The van der Waals surface area contributed by atoms with Crippen molar-refractivity contribution < 1.29 is 9.32 Å². The molecule has 10 heteroatoms. The Labute approximate surface area is 196 Å². The van der Waals surface area contributed by atoms with Gasteiger partial charge in [-0.1, -0.05) is 19.0 Å². The van der Waals surface area contributed by atoms with E-state index in [4.69, 9.17) is 4.52 Å². The van der Waals surface area contributed by atoms with Crippen LogP contribution in [-0.2, 0) is 11.2 Å². The summed E-state index contributed by atoms with van der Waals surface area (Å²) in [6.45, 7) is 10.7. The van der Waals surface area contributed by atoms with Crippen LogP contribution in [0.1, 0.15) is 50.7 Å². The van der Waals surface area contributed by atoms with E-state index in [0.717, 1.165) is 63.9 Å². The molecule has 9 nitrogen and oxygen atoms in total. The summed E-state index contributed by atoms with van der Waals surface area (Å²) >= 11 is 0. The van der Waals surface area contributed by atoms with E-state index in [1.807, 2.05) is 4.90 Å². The van der Waals surface area contributed by atoms with E-state index in [1.54, 1.807) is 7.05 Å². The third-order valence-electron chi connectivity index (χ3n) is 5.57. The zero-order chi connectivity index (χ0) is 20.6. The van der Waals surface area contributed by atoms with Gasteiger partial charge in [-0.2, -0.15) is 4.98 Å². The summed E-state index contributed by atoms with van der Waals surface area (Å²) in [6, 6.07) is 0. The van der Waals surface area contributed by atoms with E-state index in [0.29, 0.717) is 25.4 Å². The summed E-state index contributed by atoms with van der Waals surface area (Å²) in [7, 11) is 1.80. The lowest BCUT2D eigenvalue weighted by Crippen LogP contribution is -2.54. The molecule has 1 N–H and O–H groups in total. The molecule has 0 atom stereocenters. The molecule has 0 bridgehead atoms. The van der Waals surface area contributed by atoms with Gasteiger partial charge in [0.25, 0.3) is 0 Å². The molecular formula is C20H36IN7O2. The Balaban J connectivity index is 0.00000320. The number of hydrogen-bond acceptors (Lipinski definition) is 6. The lowest BCUT2D eigenvalue weighted by atomic mass is 10.1. The van der Waals surface area contributed by atoms with Crippen molar-refractivity contribution in [2.75, 3.05) is 59.4 Å². The number of nitrogens with one attached hydrogen (secondary N) is 1. The first-order valence-corrected chi connectivity index (χ1v) is 10.8. The molecule has 0 spiro atoms. The third kappa shape index (κ3) is 7.07. The molecule has 30 heavy (non-hydrogen) atoms. The first-order valence-electron chi connectivity index (χ1n) is 10.8. The van der Waals surface area contributed by atoms with Gasteiger partial charge in [-0.15, -0.1) is 24.0 Å². The number of aromatic nitrogens is 2. The minimum absolute atomic E-state index is 0. The van der Waals surface area contributed by atoms with Gasteiger partial charge in [0.1, 0.15) is 0 Å². The van der Waals surface area contributed by atoms with Crippen molar-refractivity contribution in [2.45, 2.75) is 45.4 Å². The molecule has 1 amide bonds. The topological polar surface area (TPSA) is 90.1 Å². The predicted octanol–water partition coefficient (Wildman–Crippen LogP) is 1.56. The number of piperazine rings is 1. The maximum absolute atomic E-state index is 12.5. The van der Waals surface area contributed by atoms with Crippen molar-refractivity contribution in [3.63, 3.8) is 0 Å². The molecule has 1 aromatic heterocycles. The van der Waals surface area contributed by atoms with Gasteiger partial charge in [-0.25, -0.2) is 0 Å². The van der Waals surface area contributed by atoms with Crippen LogP contribution in [-0.4, -0.2) is 96.1 Å². The van der Waals surface area contributed by atoms with Crippen molar-refractivity contribution in [3.05, 3.63) is 11.7 Å². The van der Waals surface area contributed by atoms with Crippen LogP contribution < -0.4 is 5.32 Å².